The van der Waals surface area contributed by atoms with Gasteiger partial charge in [-0.05, 0) is 37.8 Å². The predicted octanol–water partition coefficient (Wildman–Crippen LogP) is 3.14. The number of benzene rings is 1. The van der Waals surface area contributed by atoms with Crippen LogP contribution < -0.4 is 5.73 Å². The molecule has 156 valence electrons. The van der Waals surface area contributed by atoms with E-state index in [1.165, 1.54) is 12.5 Å². The number of carboxylic acids is 1. The maximum atomic E-state index is 12.6. The summed E-state index contributed by atoms with van der Waals surface area (Å²) in [7, 11) is 0. The summed E-state index contributed by atoms with van der Waals surface area (Å²) < 4.78 is 10.6. The van der Waals surface area contributed by atoms with Crippen molar-refractivity contribution >= 4 is 23.0 Å². The van der Waals surface area contributed by atoms with Gasteiger partial charge in [0.2, 0.25) is 0 Å². The van der Waals surface area contributed by atoms with Gasteiger partial charge in [-0.1, -0.05) is 23.4 Å². The lowest BCUT2D eigenvalue weighted by Gasteiger charge is -2.42. The van der Waals surface area contributed by atoms with Crippen molar-refractivity contribution in [3.8, 4) is 11.1 Å². The number of aromatic nitrogens is 2. The van der Waals surface area contributed by atoms with Crippen LogP contribution in [0.4, 0.5) is 4.79 Å². The lowest BCUT2D eigenvalue weighted by molar-refractivity contribution is -0.0439. The van der Waals surface area contributed by atoms with E-state index in [4.69, 9.17) is 15.0 Å². The first-order chi connectivity index (χ1) is 14.4. The van der Waals surface area contributed by atoms with Crippen LogP contribution in [0.5, 0.6) is 0 Å². The van der Waals surface area contributed by atoms with Crippen LogP contribution in [0.1, 0.15) is 41.9 Å². The molecule has 1 aliphatic carbocycles. The second-order valence-electron chi connectivity index (χ2n) is 8.23. The minimum absolute atomic E-state index is 0.0538. The van der Waals surface area contributed by atoms with Gasteiger partial charge in [-0.3, -0.25) is 4.90 Å². The predicted molar refractivity (Wildman–Crippen MR) is 107 cm³/mol. The number of rotatable bonds is 5. The molecule has 3 heterocycles. The molecule has 0 radical (unpaired) electrons. The number of fused-ring (bicyclic) bond motifs is 1. The van der Waals surface area contributed by atoms with Crippen molar-refractivity contribution in [2.45, 2.75) is 31.4 Å². The van der Waals surface area contributed by atoms with Crippen molar-refractivity contribution in [3.05, 3.63) is 41.9 Å². The van der Waals surface area contributed by atoms with Crippen molar-refractivity contribution in [2.24, 2.45) is 11.7 Å². The highest BCUT2D eigenvalue weighted by atomic mass is 16.6. The van der Waals surface area contributed by atoms with Crippen molar-refractivity contribution in [2.75, 3.05) is 13.1 Å². The monoisotopic (exact) mass is 410 g/mol. The van der Waals surface area contributed by atoms with E-state index >= 15 is 0 Å². The molecule has 9 heteroatoms. The number of aromatic amines is 1. The maximum Gasteiger partial charge on any atom is 0.411 e. The van der Waals surface area contributed by atoms with Crippen LogP contribution in [0.2, 0.25) is 0 Å². The molecule has 1 saturated heterocycles. The van der Waals surface area contributed by atoms with Crippen LogP contribution in [0.25, 0.3) is 22.0 Å². The fraction of sp³-hybridized carbons (Fsp3) is 0.381. The molecule has 0 unspecified atom stereocenters. The standard InChI is InChI=1S/C21H22N4O5/c1-11(25-10-21(30-20(25)28)5-12(6-21)7-22)14-3-2-4-15-16(13-8-23-29-9-13)18(19(26)27)24-17(14)15/h2-4,8-9,11-12,24H,5-7,10,22H2,1H3,(H,26,27)/t11-,12?,21?/m0/s1. The van der Waals surface area contributed by atoms with Crippen LogP contribution in [0, 0.1) is 5.92 Å². The van der Waals surface area contributed by atoms with Crippen LogP contribution in [-0.2, 0) is 4.74 Å². The molecule has 3 aromatic rings. The quantitative estimate of drug-likeness (QED) is 0.588. The summed E-state index contributed by atoms with van der Waals surface area (Å²) in [6.45, 7) is 3.03. The SMILES string of the molecule is C[C@@H](c1cccc2c(-c3cnoc3)c(C(=O)O)[nH]c12)N1CC2(CC(CN)C2)OC1=O. The van der Waals surface area contributed by atoms with E-state index in [9.17, 15) is 14.7 Å². The minimum atomic E-state index is -1.08. The number of hydrogen-bond donors (Lipinski definition) is 3. The maximum absolute atomic E-state index is 12.6. The Labute approximate surface area is 171 Å². The lowest BCUT2D eigenvalue weighted by Crippen LogP contribution is -2.49. The van der Waals surface area contributed by atoms with E-state index in [0.29, 0.717) is 35.7 Å². The number of carbonyl (C=O) groups excluding carboxylic acids is 1. The number of nitrogens with one attached hydrogen (secondary N) is 1. The summed E-state index contributed by atoms with van der Waals surface area (Å²) in [5.74, 6) is -0.688. The highest BCUT2D eigenvalue weighted by molar-refractivity contribution is 6.08. The molecule has 30 heavy (non-hydrogen) atoms. The molecule has 9 nitrogen and oxygen atoms in total. The third-order valence-corrected chi connectivity index (χ3v) is 6.37. The molecule has 0 bridgehead atoms. The summed E-state index contributed by atoms with van der Waals surface area (Å²) in [5, 5.41) is 14.2. The summed E-state index contributed by atoms with van der Waals surface area (Å²) in [6, 6.07) is 5.30. The Kier molecular flexibility index (Phi) is 4.11. The number of ether oxygens (including phenoxy) is 1. The van der Waals surface area contributed by atoms with Gasteiger partial charge in [0.15, 0.2) is 0 Å². The second kappa shape index (κ2) is 6.60. The first-order valence-corrected chi connectivity index (χ1v) is 9.90. The first-order valence-electron chi connectivity index (χ1n) is 9.90. The third-order valence-electron chi connectivity index (χ3n) is 6.37. The van der Waals surface area contributed by atoms with E-state index in [1.54, 1.807) is 4.90 Å². The average Bonchev–Trinajstić information content (AvgIpc) is 3.41. The Bertz CT molecular complexity index is 1130. The second-order valence-corrected chi connectivity index (χ2v) is 8.23. The van der Waals surface area contributed by atoms with Crippen molar-refractivity contribution in [3.63, 3.8) is 0 Å². The number of nitrogens with zero attached hydrogens (tertiary/aromatic N) is 2. The number of amides is 1. The van der Waals surface area contributed by atoms with Gasteiger partial charge in [0.05, 0.1) is 24.3 Å². The molecular weight excluding hydrogens is 388 g/mol. The van der Waals surface area contributed by atoms with E-state index in [0.717, 1.165) is 23.8 Å². The van der Waals surface area contributed by atoms with Crippen molar-refractivity contribution in [1.29, 1.82) is 0 Å². The van der Waals surface area contributed by atoms with Crippen molar-refractivity contribution < 1.29 is 24.0 Å². The highest BCUT2D eigenvalue weighted by Crippen LogP contribution is 2.47. The van der Waals surface area contributed by atoms with Gasteiger partial charge in [-0.15, -0.1) is 0 Å². The Balaban J connectivity index is 1.54. The molecule has 4 N–H and O–H groups in total. The smallest absolute Gasteiger partial charge is 0.411 e. The molecule has 1 amide bonds. The Morgan fingerprint density at radius 3 is 2.93 bits per heavy atom. The third kappa shape index (κ3) is 2.69. The van der Waals surface area contributed by atoms with E-state index < -0.39 is 11.6 Å². The van der Waals surface area contributed by atoms with Crippen LogP contribution in [-0.4, -0.2) is 50.9 Å². The molecule has 1 spiro atoms. The van der Waals surface area contributed by atoms with E-state index in [-0.39, 0.29) is 17.8 Å². The average molecular weight is 410 g/mol. The molecule has 2 aliphatic rings. The van der Waals surface area contributed by atoms with Crippen LogP contribution in [0.15, 0.2) is 35.2 Å². The van der Waals surface area contributed by atoms with Gasteiger partial charge in [0.25, 0.3) is 0 Å². The lowest BCUT2D eigenvalue weighted by atomic mass is 9.71. The van der Waals surface area contributed by atoms with Gasteiger partial charge in [-0.2, -0.15) is 0 Å². The highest BCUT2D eigenvalue weighted by Gasteiger charge is 2.54. The number of para-hydroxylation sites is 1. The molecule has 1 aliphatic heterocycles. The number of nitrogens with two attached hydrogens (primary N) is 1. The van der Waals surface area contributed by atoms with Crippen LogP contribution in [0.3, 0.4) is 0 Å². The van der Waals surface area contributed by atoms with Gasteiger partial charge in [0, 0.05) is 16.5 Å². The molecule has 1 aromatic carbocycles. The molecule has 1 atom stereocenters. The summed E-state index contributed by atoms with van der Waals surface area (Å²) in [5.41, 5.74) is 7.91. The number of H-pyrrole nitrogens is 1. The number of carbonyl (C=O) groups is 2. The van der Waals surface area contributed by atoms with Crippen molar-refractivity contribution in [1.82, 2.24) is 15.0 Å². The Morgan fingerprint density at radius 2 is 2.27 bits per heavy atom. The zero-order valence-electron chi connectivity index (χ0n) is 16.4. The molecule has 1 saturated carbocycles. The largest absolute Gasteiger partial charge is 0.477 e. The Morgan fingerprint density at radius 1 is 1.47 bits per heavy atom. The first kappa shape index (κ1) is 18.7. The Hall–Kier alpha value is -3.33. The van der Waals surface area contributed by atoms with E-state index in [1.807, 2.05) is 25.1 Å². The minimum Gasteiger partial charge on any atom is -0.477 e. The van der Waals surface area contributed by atoms with Gasteiger partial charge >= 0.3 is 12.1 Å². The van der Waals surface area contributed by atoms with Gasteiger partial charge in [-0.25, -0.2) is 9.59 Å². The van der Waals surface area contributed by atoms with Gasteiger partial charge < -0.3 is 25.1 Å². The zero-order valence-corrected chi connectivity index (χ0v) is 16.4. The zero-order chi connectivity index (χ0) is 21.0. The van der Waals surface area contributed by atoms with Crippen LogP contribution >= 0.6 is 0 Å². The number of carboxylic acid groups (broad SMARTS) is 1. The molecule has 2 fully saturated rings. The molecule has 5 rings (SSSR count). The summed E-state index contributed by atoms with van der Waals surface area (Å²) >= 11 is 0. The number of aromatic carboxylic acids is 1. The summed E-state index contributed by atoms with van der Waals surface area (Å²) in [6.07, 6.45) is 4.12. The number of hydrogen-bond acceptors (Lipinski definition) is 6. The molecular formula is C21H22N4O5. The molecule has 2 aromatic heterocycles. The van der Waals surface area contributed by atoms with Gasteiger partial charge in [0.1, 0.15) is 17.6 Å². The fourth-order valence-electron chi connectivity index (χ4n) is 4.86. The van der Waals surface area contributed by atoms with E-state index in [2.05, 4.69) is 10.1 Å². The topological polar surface area (TPSA) is 135 Å². The summed E-state index contributed by atoms with van der Waals surface area (Å²) in [4.78, 5) is 29.3. The fourth-order valence-corrected chi connectivity index (χ4v) is 4.86. The normalized spacial score (nSPS) is 24.3.